The highest BCUT2D eigenvalue weighted by Crippen LogP contribution is 2.28. The van der Waals surface area contributed by atoms with Crippen molar-refractivity contribution >= 4 is 5.97 Å². The molecule has 5 nitrogen and oxygen atoms in total. The van der Waals surface area contributed by atoms with Crippen molar-refractivity contribution < 1.29 is 9.90 Å². The molecule has 0 aromatic carbocycles. The Bertz CT molecular complexity index is 386. The Kier molecular flexibility index (Phi) is 2.48. The van der Waals surface area contributed by atoms with E-state index < -0.39 is 12.0 Å². The Morgan fingerprint density at radius 3 is 3.20 bits per heavy atom. The fraction of sp³-hybridized carbons (Fsp3) is 0.600. The molecule has 82 valence electrons. The fourth-order valence-corrected chi connectivity index (χ4v) is 2.10. The third-order valence-electron chi connectivity index (χ3n) is 2.96. The van der Waals surface area contributed by atoms with Crippen molar-refractivity contribution in [2.24, 2.45) is 5.73 Å². The minimum absolute atomic E-state index is 0.397. The van der Waals surface area contributed by atoms with Crippen LogP contribution in [0.5, 0.6) is 0 Å². The number of nitrogens with two attached hydrogens (primary N) is 1. The molecular weight excluding hydrogens is 194 g/mol. The summed E-state index contributed by atoms with van der Waals surface area (Å²) in [5, 5.41) is 8.86. The molecule has 2 unspecified atom stereocenters. The molecule has 0 bridgehead atoms. The standard InChI is InChI=1S/C10H15N3O2/c1-6-3-2-4-13-7(5-12-9(6)13)8(11)10(14)15/h5-6,8H,2-4,11H2,1H3,(H,14,15). The Hall–Kier alpha value is -1.36. The van der Waals surface area contributed by atoms with E-state index in [-0.39, 0.29) is 0 Å². The van der Waals surface area contributed by atoms with E-state index in [1.54, 1.807) is 6.20 Å². The number of hydrogen-bond donors (Lipinski definition) is 2. The van der Waals surface area contributed by atoms with Crippen molar-refractivity contribution in [3.63, 3.8) is 0 Å². The molecule has 2 atom stereocenters. The second kappa shape index (κ2) is 3.66. The van der Waals surface area contributed by atoms with Crippen LogP contribution in [-0.2, 0) is 11.3 Å². The Morgan fingerprint density at radius 2 is 2.53 bits per heavy atom. The predicted octanol–water partition coefficient (Wildman–Crippen LogP) is 0.865. The van der Waals surface area contributed by atoms with Gasteiger partial charge in [0, 0.05) is 12.5 Å². The Morgan fingerprint density at radius 1 is 1.80 bits per heavy atom. The second-order valence-electron chi connectivity index (χ2n) is 4.05. The molecule has 2 rings (SSSR count). The van der Waals surface area contributed by atoms with Gasteiger partial charge in [0.2, 0.25) is 0 Å². The van der Waals surface area contributed by atoms with Gasteiger partial charge < -0.3 is 15.4 Å². The van der Waals surface area contributed by atoms with Crippen molar-refractivity contribution in [3.05, 3.63) is 17.7 Å². The van der Waals surface area contributed by atoms with E-state index in [2.05, 4.69) is 11.9 Å². The van der Waals surface area contributed by atoms with Crippen LogP contribution in [0.4, 0.5) is 0 Å². The van der Waals surface area contributed by atoms with Gasteiger partial charge in [0.25, 0.3) is 0 Å². The van der Waals surface area contributed by atoms with E-state index in [0.717, 1.165) is 25.2 Å². The summed E-state index contributed by atoms with van der Waals surface area (Å²) < 4.78 is 1.95. The molecular formula is C10H15N3O2. The monoisotopic (exact) mass is 209 g/mol. The number of aliphatic carboxylic acids is 1. The molecule has 0 saturated carbocycles. The molecule has 1 aromatic rings. The van der Waals surface area contributed by atoms with E-state index >= 15 is 0 Å². The van der Waals surface area contributed by atoms with Crippen molar-refractivity contribution in [1.82, 2.24) is 9.55 Å². The number of carboxylic acids is 1. The van der Waals surface area contributed by atoms with E-state index in [1.165, 1.54) is 0 Å². The summed E-state index contributed by atoms with van der Waals surface area (Å²) in [5.74, 6) is 0.359. The maximum absolute atomic E-state index is 10.8. The topological polar surface area (TPSA) is 81.1 Å². The molecule has 0 saturated heterocycles. The number of carboxylic acid groups (broad SMARTS) is 1. The molecule has 1 aromatic heterocycles. The number of carbonyl (C=O) groups is 1. The first-order valence-electron chi connectivity index (χ1n) is 5.15. The van der Waals surface area contributed by atoms with Gasteiger partial charge in [-0.15, -0.1) is 0 Å². The number of imidazole rings is 1. The van der Waals surface area contributed by atoms with Crippen LogP contribution in [0.1, 0.15) is 43.2 Å². The van der Waals surface area contributed by atoms with Gasteiger partial charge in [0.1, 0.15) is 11.9 Å². The molecule has 0 amide bonds. The number of hydrogen-bond acceptors (Lipinski definition) is 3. The largest absolute Gasteiger partial charge is 0.480 e. The average Bonchev–Trinajstić information content (AvgIpc) is 2.61. The summed E-state index contributed by atoms with van der Waals surface area (Å²) in [4.78, 5) is 15.1. The molecule has 5 heteroatoms. The van der Waals surface area contributed by atoms with Crippen molar-refractivity contribution in [2.45, 2.75) is 38.3 Å². The summed E-state index contributed by atoms with van der Waals surface area (Å²) in [5.41, 5.74) is 6.21. The molecule has 0 fully saturated rings. The number of fused-ring (bicyclic) bond motifs is 1. The van der Waals surface area contributed by atoms with Crippen LogP contribution in [0.25, 0.3) is 0 Å². The number of nitrogens with zero attached hydrogens (tertiary/aromatic N) is 2. The van der Waals surface area contributed by atoms with Crippen LogP contribution >= 0.6 is 0 Å². The van der Waals surface area contributed by atoms with E-state index in [0.29, 0.717) is 11.6 Å². The first kappa shape index (κ1) is 10.2. The third-order valence-corrected chi connectivity index (χ3v) is 2.96. The zero-order chi connectivity index (χ0) is 11.0. The second-order valence-corrected chi connectivity index (χ2v) is 4.05. The summed E-state index contributed by atoms with van der Waals surface area (Å²) in [6, 6.07) is -0.962. The molecule has 2 heterocycles. The highest BCUT2D eigenvalue weighted by atomic mass is 16.4. The average molecular weight is 209 g/mol. The minimum atomic E-state index is -1.00. The van der Waals surface area contributed by atoms with Crippen molar-refractivity contribution in [2.75, 3.05) is 0 Å². The van der Waals surface area contributed by atoms with Gasteiger partial charge in [0.05, 0.1) is 11.9 Å². The molecule has 15 heavy (non-hydrogen) atoms. The van der Waals surface area contributed by atoms with Gasteiger partial charge in [-0.1, -0.05) is 6.92 Å². The fourth-order valence-electron chi connectivity index (χ4n) is 2.10. The molecule has 0 aliphatic carbocycles. The van der Waals surface area contributed by atoms with Crippen LogP contribution in [0.3, 0.4) is 0 Å². The highest BCUT2D eigenvalue weighted by molar-refractivity contribution is 5.74. The van der Waals surface area contributed by atoms with E-state index in [4.69, 9.17) is 10.8 Å². The molecule has 0 radical (unpaired) electrons. The van der Waals surface area contributed by atoms with Crippen molar-refractivity contribution in [1.29, 1.82) is 0 Å². The molecule has 0 spiro atoms. The highest BCUT2D eigenvalue weighted by Gasteiger charge is 2.25. The van der Waals surface area contributed by atoms with Gasteiger partial charge in [-0.2, -0.15) is 0 Å². The first-order valence-corrected chi connectivity index (χ1v) is 5.15. The lowest BCUT2D eigenvalue weighted by molar-refractivity contribution is -0.138. The molecule has 1 aliphatic rings. The van der Waals surface area contributed by atoms with Crippen molar-refractivity contribution in [3.8, 4) is 0 Å². The van der Waals surface area contributed by atoms with Gasteiger partial charge in [-0.25, -0.2) is 4.98 Å². The van der Waals surface area contributed by atoms with Gasteiger partial charge in [-0.05, 0) is 12.8 Å². The smallest absolute Gasteiger partial charge is 0.326 e. The quantitative estimate of drug-likeness (QED) is 0.757. The third kappa shape index (κ3) is 1.63. The van der Waals surface area contributed by atoms with Crippen LogP contribution in [-0.4, -0.2) is 20.6 Å². The maximum atomic E-state index is 10.8. The van der Waals surface area contributed by atoms with E-state index in [9.17, 15) is 4.79 Å². The van der Waals surface area contributed by atoms with E-state index in [1.807, 2.05) is 4.57 Å². The lowest BCUT2D eigenvalue weighted by atomic mass is 10.0. The van der Waals surface area contributed by atoms with Gasteiger partial charge in [0.15, 0.2) is 0 Å². The SMILES string of the molecule is CC1CCCn2c(C(N)C(=O)O)cnc21. The van der Waals surface area contributed by atoms with Crippen LogP contribution in [0.2, 0.25) is 0 Å². The summed E-state index contributed by atoms with van der Waals surface area (Å²) in [6.07, 6.45) is 3.76. The summed E-state index contributed by atoms with van der Waals surface area (Å²) >= 11 is 0. The number of aromatic nitrogens is 2. The number of rotatable bonds is 2. The predicted molar refractivity (Wildman–Crippen MR) is 54.4 cm³/mol. The zero-order valence-corrected chi connectivity index (χ0v) is 8.68. The normalized spacial score (nSPS) is 22.1. The van der Waals surface area contributed by atoms with Crippen LogP contribution in [0, 0.1) is 0 Å². The van der Waals surface area contributed by atoms with Crippen LogP contribution in [0.15, 0.2) is 6.20 Å². The molecule has 3 N–H and O–H groups in total. The lowest BCUT2D eigenvalue weighted by Gasteiger charge is -2.22. The molecule has 1 aliphatic heterocycles. The van der Waals surface area contributed by atoms with Gasteiger partial charge >= 0.3 is 5.97 Å². The Balaban J connectivity index is 2.38. The summed E-state index contributed by atoms with van der Waals surface area (Å²) in [7, 11) is 0. The Labute approximate surface area is 87.9 Å². The van der Waals surface area contributed by atoms with Crippen LogP contribution < -0.4 is 5.73 Å². The minimum Gasteiger partial charge on any atom is -0.480 e. The summed E-state index contributed by atoms with van der Waals surface area (Å²) in [6.45, 7) is 2.93. The maximum Gasteiger partial charge on any atom is 0.326 e. The zero-order valence-electron chi connectivity index (χ0n) is 8.68. The first-order chi connectivity index (χ1) is 7.11. The lowest BCUT2D eigenvalue weighted by Crippen LogP contribution is -2.26. The van der Waals surface area contributed by atoms with Gasteiger partial charge in [-0.3, -0.25) is 4.79 Å².